The van der Waals surface area contributed by atoms with E-state index in [0.717, 1.165) is 35.8 Å². The third-order valence-electron chi connectivity index (χ3n) is 13.5. The van der Waals surface area contributed by atoms with Crippen molar-refractivity contribution in [3.63, 3.8) is 0 Å². The topological polar surface area (TPSA) is 595 Å². The molecule has 7 aromatic heterocycles. The first-order valence-electron chi connectivity index (χ1n) is 24.2. The van der Waals surface area contributed by atoms with Crippen molar-refractivity contribution in [3.8, 4) is 0 Å². The maximum Gasteiger partial charge on any atom is 0.472 e. The molecule has 4 aliphatic rings. The Labute approximate surface area is 460 Å². The van der Waals surface area contributed by atoms with Gasteiger partial charge in [0.15, 0.2) is 53.5 Å². The second-order valence-corrected chi connectivity index (χ2v) is 22.9. The fourth-order valence-corrected chi connectivity index (χ4v) is 12.5. The molecule has 11 heterocycles. The quantitative estimate of drug-likeness (QED) is 0.0318. The van der Waals surface area contributed by atoms with Crippen LogP contribution in [0.25, 0.3) is 33.5 Å². The highest BCUT2D eigenvalue weighted by Crippen LogP contribution is 2.54. The van der Waals surface area contributed by atoms with Gasteiger partial charge in [0.1, 0.15) is 108 Å². The van der Waals surface area contributed by atoms with Crippen LogP contribution in [0.15, 0.2) is 54.9 Å². The number of ether oxygens (including phenoxy) is 4. The SMILES string of the molecule is Nc1ccn([C@@H]2O[C@H](COP(=O)(O)O[C@H]3[C@@H](O)[C@H](n4cnc5cnc(N)nc54)O[C@@H]3CO)[C@@H](OP(=O)(O)OC[C@H]3O[C@@H](n4cnc5c(N)ncnc54)[C@H](O)[C@@H]3OP(=O)(O)OC[C@H]3O[C@@H](n4cnc5c(N)ncnc54)[C@H](O)[C@@H]3O)[C@H]2O)c(=O)n1. The standard InChI is InChI=1S/C39H49N18O23P3/c40-18-1-2-54(39(64)52-18)35-24(62)27(16(76-35)6-72-82(67,68)78-26-14(4-58)74-36(23(26)61)55-10-49-13-3-44-38(43)53-31(13)55)79-83(69,70)73-7-17-28(25(63)37(77-17)57-12-51-20-30(42)46-9-48-33(20)57)80-81(65,66)71-5-15-21(59)22(60)34(75-15)56-11-50-19-29(41)45-8-47-32(19)56/h1-3,8-12,14-17,21-28,34-37,58-63H,4-7H2,(H,65,66)(H,67,68)(H,69,70)(H2,40,52,64)(H2,41,45,47)(H2,42,46,48)(H2,43,44,53)/t14-,15-,16-,17-,21-,22-,23-,24-,25-,26-,27-,28-,34-,35-,36-,37-/m1/s1. The number of anilines is 4. The van der Waals surface area contributed by atoms with Crippen molar-refractivity contribution < 1.29 is 105 Å². The van der Waals surface area contributed by atoms with E-state index in [4.69, 9.17) is 69.0 Å². The van der Waals surface area contributed by atoms with Crippen molar-refractivity contribution >= 4 is 80.4 Å². The maximum absolute atomic E-state index is 14.0. The van der Waals surface area contributed by atoms with Crippen LogP contribution in [0.2, 0.25) is 0 Å². The molecular formula is C39H49N18O23P3. The van der Waals surface area contributed by atoms with E-state index in [1.165, 1.54) is 28.0 Å². The Balaban J connectivity index is 0.799. The van der Waals surface area contributed by atoms with Gasteiger partial charge in [0, 0.05) is 6.20 Å². The Hall–Kier alpha value is -6.34. The predicted molar refractivity (Wildman–Crippen MR) is 267 cm³/mol. The summed E-state index contributed by atoms with van der Waals surface area (Å²) < 4.78 is 101. The van der Waals surface area contributed by atoms with E-state index in [-0.39, 0.29) is 56.9 Å². The van der Waals surface area contributed by atoms with Crippen LogP contribution in [0.5, 0.6) is 0 Å². The summed E-state index contributed by atoms with van der Waals surface area (Å²) in [5, 5.41) is 66.6. The molecule has 0 spiro atoms. The Morgan fingerprint density at radius 2 is 0.952 bits per heavy atom. The minimum Gasteiger partial charge on any atom is -0.394 e. The Bertz CT molecular complexity index is 3750. The number of nitrogens with zero attached hydrogens (tertiary/aromatic N) is 14. The maximum atomic E-state index is 14.0. The fourth-order valence-electron chi connectivity index (χ4n) is 9.56. The second kappa shape index (κ2) is 22.6. The Morgan fingerprint density at radius 1 is 0.518 bits per heavy atom. The van der Waals surface area contributed by atoms with E-state index >= 15 is 0 Å². The zero-order valence-electron chi connectivity index (χ0n) is 41.8. The van der Waals surface area contributed by atoms with Crippen molar-refractivity contribution in [2.75, 3.05) is 49.4 Å². The molecular weight excluding hydrogens is 1180 g/mol. The van der Waals surface area contributed by atoms with Gasteiger partial charge in [0.2, 0.25) is 5.95 Å². The number of aliphatic hydroxyl groups is 6. The first-order valence-corrected chi connectivity index (χ1v) is 28.7. The Kier molecular flexibility index (Phi) is 15.9. The highest BCUT2D eigenvalue weighted by atomic mass is 31.2. The number of nitrogen functional groups attached to an aromatic ring is 4. The van der Waals surface area contributed by atoms with Crippen molar-refractivity contribution in [3.05, 3.63) is 60.6 Å². The van der Waals surface area contributed by atoms with Gasteiger partial charge in [0.25, 0.3) is 0 Å². The van der Waals surface area contributed by atoms with Gasteiger partial charge in [-0.2, -0.15) is 9.97 Å². The van der Waals surface area contributed by atoms with E-state index in [1.54, 1.807) is 0 Å². The molecule has 0 bridgehead atoms. The lowest BCUT2D eigenvalue weighted by molar-refractivity contribution is -0.0642. The molecule has 0 amide bonds. The smallest absolute Gasteiger partial charge is 0.394 e. The molecule has 0 radical (unpaired) electrons. The molecule has 4 saturated heterocycles. The molecule has 4 aliphatic heterocycles. The van der Waals surface area contributed by atoms with Gasteiger partial charge in [-0.05, 0) is 6.07 Å². The number of phosphoric acid groups is 3. The molecule has 448 valence electrons. The highest BCUT2D eigenvalue weighted by Gasteiger charge is 2.55. The third kappa shape index (κ3) is 11.4. The summed E-state index contributed by atoms with van der Waals surface area (Å²) in [6, 6.07) is 1.12. The van der Waals surface area contributed by atoms with E-state index in [1.807, 2.05) is 0 Å². The molecule has 83 heavy (non-hydrogen) atoms. The van der Waals surface area contributed by atoms with Gasteiger partial charge in [-0.25, -0.2) is 58.4 Å². The fraction of sp³-hybridized carbons (Fsp3) is 0.513. The summed E-state index contributed by atoms with van der Waals surface area (Å²) in [6.07, 6.45) is -20.7. The molecule has 17 N–H and O–H groups in total. The van der Waals surface area contributed by atoms with Crippen LogP contribution in [0.3, 0.4) is 0 Å². The molecule has 11 rings (SSSR count). The Morgan fingerprint density at radius 3 is 1.46 bits per heavy atom. The monoisotopic (exact) mass is 1230 g/mol. The number of phosphoric ester groups is 3. The van der Waals surface area contributed by atoms with Gasteiger partial charge in [-0.3, -0.25) is 45.4 Å². The first-order chi connectivity index (χ1) is 39.4. The van der Waals surface area contributed by atoms with Gasteiger partial charge >= 0.3 is 29.2 Å². The summed E-state index contributed by atoms with van der Waals surface area (Å²) in [5.41, 5.74) is 22.6. The van der Waals surface area contributed by atoms with Crippen molar-refractivity contribution in [2.24, 2.45) is 0 Å². The number of aromatic nitrogens is 14. The lowest BCUT2D eigenvalue weighted by atomic mass is 10.1. The molecule has 19 atom stereocenters. The lowest BCUT2D eigenvalue weighted by Gasteiger charge is -2.26. The lowest BCUT2D eigenvalue weighted by Crippen LogP contribution is -2.39. The number of rotatable bonds is 20. The average Bonchev–Trinajstić information content (AvgIpc) is 3.49. The molecule has 0 aliphatic carbocycles. The van der Waals surface area contributed by atoms with Crippen LogP contribution in [-0.2, 0) is 59.8 Å². The normalized spacial score (nSPS) is 32.4. The minimum absolute atomic E-state index is 0.00268. The number of imidazole rings is 3. The zero-order chi connectivity index (χ0) is 59.0. The van der Waals surface area contributed by atoms with Crippen LogP contribution in [-0.4, -0.2) is 213 Å². The first kappa shape index (κ1) is 58.4. The van der Waals surface area contributed by atoms with Crippen molar-refractivity contribution in [1.29, 1.82) is 0 Å². The number of nitrogens with two attached hydrogens (primary N) is 4. The molecule has 0 saturated carbocycles. The highest BCUT2D eigenvalue weighted by molar-refractivity contribution is 7.48. The summed E-state index contributed by atoms with van der Waals surface area (Å²) in [6.45, 7) is -4.20. The average molecular weight is 1230 g/mol. The minimum atomic E-state index is -5.68. The summed E-state index contributed by atoms with van der Waals surface area (Å²) in [4.78, 5) is 86.1. The molecule has 0 aromatic carbocycles. The number of hydrogen-bond donors (Lipinski definition) is 13. The molecule has 41 nitrogen and oxygen atoms in total. The summed E-state index contributed by atoms with van der Waals surface area (Å²) in [7, 11) is -16.6. The van der Waals surface area contributed by atoms with Crippen LogP contribution in [0.1, 0.15) is 24.9 Å². The van der Waals surface area contributed by atoms with Gasteiger partial charge < -0.3 is 87.2 Å². The number of aliphatic hydroxyl groups excluding tert-OH is 6. The molecule has 4 fully saturated rings. The molecule has 7 aromatic rings. The van der Waals surface area contributed by atoms with Crippen molar-refractivity contribution in [1.82, 2.24) is 68.1 Å². The van der Waals surface area contributed by atoms with Gasteiger partial charge in [0.05, 0.1) is 51.6 Å². The van der Waals surface area contributed by atoms with Crippen LogP contribution in [0, 0.1) is 0 Å². The number of fused-ring (bicyclic) bond motifs is 3. The number of hydrogen-bond acceptors (Lipinski definition) is 34. The third-order valence-corrected chi connectivity index (χ3v) is 16.4. The van der Waals surface area contributed by atoms with E-state index in [0.29, 0.717) is 4.57 Å². The van der Waals surface area contributed by atoms with Gasteiger partial charge in [-0.1, -0.05) is 0 Å². The van der Waals surface area contributed by atoms with Crippen molar-refractivity contribution in [2.45, 2.75) is 98.2 Å². The predicted octanol–water partition coefficient (Wildman–Crippen LogP) is -5.02. The van der Waals surface area contributed by atoms with Gasteiger partial charge in [-0.15, -0.1) is 0 Å². The zero-order valence-corrected chi connectivity index (χ0v) is 44.5. The largest absolute Gasteiger partial charge is 0.472 e. The summed E-state index contributed by atoms with van der Waals surface area (Å²) in [5.74, 6) is -0.539. The summed E-state index contributed by atoms with van der Waals surface area (Å²) >= 11 is 0. The van der Waals surface area contributed by atoms with Crippen LogP contribution in [0.4, 0.5) is 23.4 Å². The molecule has 44 heteroatoms. The van der Waals surface area contributed by atoms with Crippen LogP contribution >= 0.6 is 23.5 Å². The molecule has 3 unspecified atom stereocenters. The van der Waals surface area contributed by atoms with E-state index in [9.17, 15) is 63.8 Å². The van der Waals surface area contributed by atoms with Crippen LogP contribution < -0.4 is 28.6 Å². The van der Waals surface area contributed by atoms with E-state index < -0.39 is 154 Å². The second-order valence-electron chi connectivity index (χ2n) is 18.7. The van der Waals surface area contributed by atoms with E-state index in [2.05, 4.69) is 49.8 Å².